The van der Waals surface area contributed by atoms with E-state index in [0.29, 0.717) is 14.9 Å². The van der Waals surface area contributed by atoms with E-state index < -0.39 is 6.10 Å². The molecule has 1 aromatic heterocycles. The van der Waals surface area contributed by atoms with Crippen molar-refractivity contribution in [2.45, 2.75) is 37.8 Å². The second-order valence-corrected chi connectivity index (χ2v) is 7.18. The third kappa shape index (κ3) is 3.04. The molecule has 1 aliphatic carbocycles. The first kappa shape index (κ1) is 15.1. The Bertz CT molecular complexity index is 686. The SMILES string of the molecule is O=C(N[C@H]1CCCC[C@@H]1O)c1sc2cc(Cl)ccc2c1Cl. The normalized spacial score (nSPS) is 22.4. The monoisotopic (exact) mass is 343 g/mol. The van der Waals surface area contributed by atoms with Crippen molar-refractivity contribution >= 4 is 50.5 Å². The smallest absolute Gasteiger partial charge is 0.263 e. The van der Waals surface area contributed by atoms with Gasteiger partial charge in [0.25, 0.3) is 5.91 Å². The number of carbonyl (C=O) groups is 1. The highest BCUT2D eigenvalue weighted by molar-refractivity contribution is 7.21. The molecule has 0 spiro atoms. The Kier molecular flexibility index (Phi) is 4.41. The van der Waals surface area contributed by atoms with Gasteiger partial charge in [-0.25, -0.2) is 0 Å². The molecule has 1 amide bonds. The molecule has 112 valence electrons. The lowest BCUT2D eigenvalue weighted by atomic mass is 9.92. The van der Waals surface area contributed by atoms with Gasteiger partial charge in [-0.3, -0.25) is 4.79 Å². The second-order valence-electron chi connectivity index (χ2n) is 5.32. The number of carbonyl (C=O) groups excluding carboxylic acids is 1. The summed E-state index contributed by atoms with van der Waals surface area (Å²) in [6.45, 7) is 0. The Labute approximate surface area is 136 Å². The highest BCUT2D eigenvalue weighted by Gasteiger charge is 2.26. The summed E-state index contributed by atoms with van der Waals surface area (Å²) >= 11 is 13.6. The number of nitrogens with one attached hydrogen (secondary N) is 1. The third-order valence-corrected chi connectivity index (χ3v) is 5.73. The Balaban J connectivity index is 1.85. The summed E-state index contributed by atoms with van der Waals surface area (Å²) in [5.74, 6) is -0.219. The van der Waals surface area contributed by atoms with Crippen molar-refractivity contribution in [3.63, 3.8) is 0 Å². The van der Waals surface area contributed by atoms with Crippen molar-refractivity contribution in [1.82, 2.24) is 5.32 Å². The predicted molar refractivity (Wildman–Crippen MR) is 87.6 cm³/mol. The molecule has 0 radical (unpaired) electrons. The van der Waals surface area contributed by atoms with Gasteiger partial charge in [0.15, 0.2) is 0 Å². The van der Waals surface area contributed by atoms with E-state index in [4.69, 9.17) is 23.2 Å². The van der Waals surface area contributed by atoms with Crippen LogP contribution in [0.25, 0.3) is 10.1 Å². The summed E-state index contributed by atoms with van der Waals surface area (Å²) in [6.07, 6.45) is 3.11. The summed E-state index contributed by atoms with van der Waals surface area (Å²) in [5.41, 5.74) is 0. The van der Waals surface area contributed by atoms with Gasteiger partial charge in [0.2, 0.25) is 0 Å². The number of aliphatic hydroxyl groups excluding tert-OH is 1. The summed E-state index contributed by atoms with van der Waals surface area (Å²) in [4.78, 5) is 12.9. The minimum absolute atomic E-state index is 0.184. The standard InChI is InChI=1S/C15H15Cl2NO2S/c16-8-5-6-9-12(7-8)21-14(13(9)17)15(20)18-10-3-1-2-4-11(10)19/h5-7,10-11,19H,1-4H2,(H,18,20)/t10-,11-/m0/s1. The van der Waals surface area contributed by atoms with Crippen LogP contribution in [-0.2, 0) is 0 Å². The van der Waals surface area contributed by atoms with E-state index >= 15 is 0 Å². The molecule has 0 aliphatic heterocycles. The minimum atomic E-state index is -0.467. The molecule has 0 unspecified atom stereocenters. The fourth-order valence-corrected chi connectivity index (χ4v) is 4.39. The maximum atomic E-state index is 12.4. The van der Waals surface area contributed by atoms with Gasteiger partial charge in [-0.1, -0.05) is 42.1 Å². The van der Waals surface area contributed by atoms with E-state index in [1.165, 1.54) is 11.3 Å². The molecule has 6 heteroatoms. The quantitative estimate of drug-likeness (QED) is 0.856. The van der Waals surface area contributed by atoms with Crippen molar-refractivity contribution in [3.05, 3.63) is 33.1 Å². The highest BCUT2D eigenvalue weighted by atomic mass is 35.5. The first-order chi connectivity index (χ1) is 10.1. The molecular formula is C15H15Cl2NO2S. The van der Waals surface area contributed by atoms with Crippen molar-refractivity contribution in [2.24, 2.45) is 0 Å². The second kappa shape index (κ2) is 6.13. The van der Waals surface area contributed by atoms with E-state index in [2.05, 4.69) is 5.32 Å². The summed E-state index contributed by atoms with van der Waals surface area (Å²) in [6, 6.07) is 5.20. The molecule has 1 aromatic carbocycles. The van der Waals surface area contributed by atoms with Crippen molar-refractivity contribution < 1.29 is 9.90 Å². The van der Waals surface area contributed by atoms with Crippen LogP contribution >= 0.6 is 34.5 Å². The molecule has 2 aromatic rings. The van der Waals surface area contributed by atoms with E-state index in [9.17, 15) is 9.90 Å². The maximum absolute atomic E-state index is 12.4. The van der Waals surface area contributed by atoms with Gasteiger partial charge in [-0.05, 0) is 25.0 Å². The maximum Gasteiger partial charge on any atom is 0.263 e. The fourth-order valence-electron chi connectivity index (χ4n) is 2.70. The number of benzene rings is 1. The third-order valence-electron chi connectivity index (χ3n) is 3.84. The predicted octanol–water partition coefficient (Wildman–Crippen LogP) is 4.24. The molecule has 1 aliphatic rings. The van der Waals surface area contributed by atoms with Crippen LogP contribution in [0.3, 0.4) is 0 Å². The summed E-state index contributed by atoms with van der Waals surface area (Å²) in [7, 11) is 0. The fraction of sp³-hybridized carbons (Fsp3) is 0.400. The van der Waals surface area contributed by atoms with Crippen molar-refractivity contribution in [2.75, 3.05) is 0 Å². The van der Waals surface area contributed by atoms with Gasteiger partial charge >= 0.3 is 0 Å². The molecule has 1 heterocycles. The average Bonchev–Trinajstić information content (AvgIpc) is 2.78. The van der Waals surface area contributed by atoms with Crippen LogP contribution in [0.15, 0.2) is 18.2 Å². The molecule has 3 rings (SSSR count). The lowest BCUT2D eigenvalue weighted by Crippen LogP contribution is -2.44. The van der Waals surface area contributed by atoms with Crippen LogP contribution in [0.5, 0.6) is 0 Å². The Morgan fingerprint density at radius 1 is 1.29 bits per heavy atom. The molecule has 2 N–H and O–H groups in total. The number of thiophene rings is 1. The number of aliphatic hydroxyl groups is 1. The van der Waals surface area contributed by atoms with Crippen LogP contribution < -0.4 is 5.32 Å². The molecule has 1 fully saturated rings. The van der Waals surface area contributed by atoms with Gasteiger partial charge in [-0.15, -0.1) is 11.3 Å². The van der Waals surface area contributed by atoms with E-state index in [1.807, 2.05) is 6.07 Å². The van der Waals surface area contributed by atoms with Gasteiger partial charge in [-0.2, -0.15) is 0 Å². The van der Waals surface area contributed by atoms with Crippen LogP contribution in [0.4, 0.5) is 0 Å². The number of hydrogen-bond donors (Lipinski definition) is 2. The van der Waals surface area contributed by atoms with E-state index in [-0.39, 0.29) is 11.9 Å². The number of halogens is 2. The van der Waals surface area contributed by atoms with Crippen molar-refractivity contribution in [1.29, 1.82) is 0 Å². The van der Waals surface area contributed by atoms with Crippen LogP contribution in [0.2, 0.25) is 10.0 Å². The first-order valence-corrected chi connectivity index (χ1v) is 8.50. The van der Waals surface area contributed by atoms with E-state index in [1.54, 1.807) is 12.1 Å². The first-order valence-electron chi connectivity index (χ1n) is 6.93. The van der Waals surface area contributed by atoms with Crippen LogP contribution in [0.1, 0.15) is 35.4 Å². The van der Waals surface area contributed by atoms with E-state index in [0.717, 1.165) is 35.8 Å². The molecular weight excluding hydrogens is 329 g/mol. The molecule has 2 atom stereocenters. The number of amides is 1. The number of rotatable bonds is 2. The zero-order valence-corrected chi connectivity index (χ0v) is 13.6. The zero-order valence-electron chi connectivity index (χ0n) is 11.2. The highest BCUT2D eigenvalue weighted by Crippen LogP contribution is 2.36. The van der Waals surface area contributed by atoms with Gasteiger partial charge in [0.05, 0.1) is 17.2 Å². The summed E-state index contributed by atoms with van der Waals surface area (Å²) < 4.78 is 0.891. The van der Waals surface area contributed by atoms with Gasteiger partial charge < -0.3 is 10.4 Å². The largest absolute Gasteiger partial charge is 0.391 e. The number of hydrogen-bond acceptors (Lipinski definition) is 3. The lowest BCUT2D eigenvalue weighted by Gasteiger charge is -2.28. The number of fused-ring (bicyclic) bond motifs is 1. The Morgan fingerprint density at radius 2 is 2.05 bits per heavy atom. The Morgan fingerprint density at radius 3 is 2.81 bits per heavy atom. The zero-order chi connectivity index (χ0) is 15.0. The average molecular weight is 344 g/mol. The molecule has 21 heavy (non-hydrogen) atoms. The molecule has 3 nitrogen and oxygen atoms in total. The topological polar surface area (TPSA) is 49.3 Å². The van der Waals surface area contributed by atoms with Crippen LogP contribution in [0, 0.1) is 0 Å². The van der Waals surface area contributed by atoms with Gasteiger partial charge in [0.1, 0.15) is 4.88 Å². The van der Waals surface area contributed by atoms with Crippen LogP contribution in [-0.4, -0.2) is 23.2 Å². The minimum Gasteiger partial charge on any atom is -0.391 e. The Hall–Kier alpha value is -0.810. The molecule has 0 bridgehead atoms. The summed E-state index contributed by atoms with van der Waals surface area (Å²) in [5, 5.41) is 14.8. The molecule has 0 saturated heterocycles. The van der Waals surface area contributed by atoms with Gasteiger partial charge in [0, 0.05) is 15.1 Å². The molecule has 1 saturated carbocycles. The lowest BCUT2D eigenvalue weighted by molar-refractivity contribution is 0.0720. The van der Waals surface area contributed by atoms with Crippen molar-refractivity contribution in [3.8, 4) is 0 Å².